The van der Waals surface area contributed by atoms with E-state index in [1.807, 2.05) is 59.1 Å². The molecule has 0 saturated carbocycles. The first kappa shape index (κ1) is 20.7. The predicted molar refractivity (Wildman–Crippen MR) is 131 cm³/mol. The summed E-state index contributed by atoms with van der Waals surface area (Å²) >= 11 is 3.50. The van der Waals surface area contributed by atoms with Crippen LogP contribution in [0.5, 0.6) is 0 Å². The largest absolute Gasteiger partial charge is 0.336 e. The zero-order chi connectivity index (χ0) is 22.1. The fraction of sp³-hybridized carbons (Fsp3) is 0.185. The first-order chi connectivity index (χ1) is 15.6. The van der Waals surface area contributed by atoms with Crippen molar-refractivity contribution >= 4 is 33.1 Å². The zero-order valence-corrected chi connectivity index (χ0v) is 19.2. The molecule has 0 bridgehead atoms. The molecule has 1 saturated heterocycles. The van der Waals surface area contributed by atoms with Gasteiger partial charge in [0.05, 0.1) is 11.2 Å². The summed E-state index contributed by atoms with van der Waals surface area (Å²) in [5.41, 5.74) is 5.47. The number of amides is 1. The average Bonchev–Trinajstić information content (AvgIpc) is 3.24. The van der Waals surface area contributed by atoms with Gasteiger partial charge in [0.1, 0.15) is 0 Å². The number of hydrogen-bond donors (Lipinski definition) is 0. The molecule has 0 unspecified atom stereocenters. The van der Waals surface area contributed by atoms with E-state index in [9.17, 15) is 9.59 Å². The van der Waals surface area contributed by atoms with E-state index in [1.165, 1.54) is 0 Å². The van der Waals surface area contributed by atoms with Crippen LogP contribution in [0.2, 0.25) is 0 Å². The highest BCUT2D eigenvalue weighted by Crippen LogP contribution is 2.36. The number of hydrogen-bond acceptors (Lipinski definition) is 2. The van der Waals surface area contributed by atoms with Gasteiger partial charge in [-0.2, -0.15) is 0 Å². The number of halogens is 1. The second-order valence-electron chi connectivity index (χ2n) is 8.13. The van der Waals surface area contributed by atoms with Crippen LogP contribution in [0, 0.1) is 0 Å². The minimum Gasteiger partial charge on any atom is -0.336 e. The van der Waals surface area contributed by atoms with Crippen molar-refractivity contribution in [2.75, 3.05) is 13.1 Å². The number of fused-ring (bicyclic) bond motifs is 1. The summed E-state index contributed by atoms with van der Waals surface area (Å²) in [6.45, 7) is 1.32. The Morgan fingerprint density at radius 2 is 1.44 bits per heavy atom. The SMILES string of the molecule is O=C(C(=O)N1CCCCC1)c1cc(-c2ccccc2-c2ccc(Br)cc2)c2ccccn12. The maximum Gasteiger partial charge on any atom is 0.296 e. The van der Waals surface area contributed by atoms with Crippen LogP contribution in [0.3, 0.4) is 0 Å². The van der Waals surface area contributed by atoms with Crippen molar-refractivity contribution in [3.8, 4) is 22.3 Å². The zero-order valence-electron chi connectivity index (χ0n) is 17.6. The third-order valence-electron chi connectivity index (χ3n) is 6.12. The summed E-state index contributed by atoms with van der Waals surface area (Å²) in [5.74, 6) is -0.846. The number of pyridine rings is 1. The van der Waals surface area contributed by atoms with Crippen molar-refractivity contribution in [2.45, 2.75) is 19.3 Å². The molecular weight excluding hydrogens is 464 g/mol. The Kier molecular flexibility index (Phi) is 5.66. The van der Waals surface area contributed by atoms with Gasteiger partial charge in [-0.3, -0.25) is 9.59 Å². The van der Waals surface area contributed by atoms with Crippen LogP contribution in [-0.2, 0) is 4.79 Å². The smallest absolute Gasteiger partial charge is 0.296 e. The van der Waals surface area contributed by atoms with Crippen LogP contribution in [0.1, 0.15) is 29.8 Å². The fourth-order valence-corrected chi connectivity index (χ4v) is 4.76. The molecule has 4 nitrogen and oxygen atoms in total. The summed E-state index contributed by atoms with van der Waals surface area (Å²) in [6.07, 6.45) is 4.89. The second kappa shape index (κ2) is 8.75. The van der Waals surface area contributed by atoms with Crippen LogP contribution in [0.4, 0.5) is 0 Å². The molecule has 4 aromatic rings. The number of ketones is 1. The van der Waals surface area contributed by atoms with Gasteiger partial charge < -0.3 is 9.30 Å². The van der Waals surface area contributed by atoms with E-state index in [0.29, 0.717) is 18.8 Å². The molecule has 2 aromatic carbocycles. The van der Waals surface area contributed by atoms with Gasteiger partial charge in [0.2, 0.25) is 0 Å². The Balaban J connectivity index is 1.62. The average molecular weight is 487 g/mol. The molecule has 160 valence electrons. The van der Waals surface area contributed by atoms with Crippen molar-refractivity contribution in [3.63, 3.8) is 0 Å². The van der Waals surface area contributed by atoms with Crippen LogP contribution in [0.25, 0.3) is 27.8 Å². The van der Waals surface area contributed by atoms with Crippen LogP contribution in [0.15, 0.2) is 83.5 Å². The second-order valence-corrected chi connectivity index (χ2v) is 9.05. The molecule has 1 aliphatic rings. The van der Waals surface area contributed by atoms with Gasteiger partial charge in [-0.1, -0.05) is 58.4 Å². The van der Waals surface area contributed by atoms with Gasteiger partial charge in [0.15, 0.2) is 0 Å². The number of likely N-dealkylation sites (tertiary alicyclic amines) is 1. The number of benzene rings is 2. The minimum absolute atomic E-state index is 0.402. The lowest BCUT2D eigenvalue weighted by Gasteiger charge is -2.25. The van der Waals surface area contributed by atoms with Crippen molar-refractivity contribution in [1.82, 2.24) is 9.30 Å². The van der Waals surface area contributed by atoms with E-state index < -0.39 is 11.7 Å². The number of nitrogens with zero attached hydrogens (tertiary/aromatic N) is 2. The number of rotatable bonds is 4. The molecular formula is C27H23BrN2O2. The summed E-state index contributed by atoms with van der Waals surface area (Å²) < 4.78 is 2.87. The van der Waals surface area contributed by atoms with E-state index in [0.717, 1.165) is 51.5 Å². The lowest BCUT2D eigenvalue weighted by atomic mass is 9.95. The van der Waals surface area contributed by atoms with Crippen LogP contribution < -0.4 is 0 Å². The number of carbonyl (C=O) groups excluding carboxylic acids is 2. The summed E-state index contributed by atoms with van der Waals surface area (Å²) in [6, 6.07) is 24.1. The molecule has 1 aliphatic heterocycles. The van der Waals surface area contributed by atoms with E-state index in [2.05, 4.69) is 40.2 Å². The highest BCUT2D eigenvalue weighted by Gasteiger charge is 2.28. The molecule has 0 aliphatic carbocycles. The van der Waals surface area contributed by atoms with Crippen molar-refractivity contribution < 1.29 is 9.59 Å². The topological polar surface area (TPSA) is 41.8 Å². The molecule has 0 radical (unpaired) electrons. The maximum absolute atomic E-state index is 13.3. The molecule has 5 heteroatoms. The van der Waals surface area contributed by atoms with E-state index in [1.54, 1.807) is 4.90 Å². The van der Waals surface area contributed by atoms with Gasteiger partial charge >= 0.3 is 0 Å². The molecule has 0 atom stereocenters. The van der Waals surface area contributed by atoms with Crippen molar-refractivity contribution in [1.29, 1.82) is 0 Å². The Hall–Kier alpha value is -3.18. The number of Topliss-reactive ketones (excluding diaryl/α,β-unsaturated/α-hetero) is 1. The van der Waals surface area contributed by atoms with Crippen molar-refractivity contribution in [2.24, 2.45) is 0 Å². The number of carbonyl (C=O) groups is 2. The van der Waals surface area contributed by atoms with Gasteiger partial charge in [0, 0.05) is 29.3 Å². The summed E-state index contributed by atoms with van der Waals surface area (Å²) in [7, 11) is 0. The fourth-order valence-electron chi connectivity index (χ4n) is 4.49. The van der Waals surface area contributed by atoms with Gasteiger partial charge in [0.25, 0.3) is 11.7 Å². The molecule has 5 rings (SSSR count). The molecule has 32 heavy (non-hydrogen) atoms. The maximum atomic E-state index is 13.3. The molecule has 1 fully saturated rings. The molecule has 3 heterocycles. The first-order valence-electron chi connectivity index (χ1n) is 10.9. The minimum atomic E-state index is -0.444. The standard InChI is InChI=1S/C27H23BrN2O2/c28-20-13-11-19(12-14-20)21-8-2-3-9-22(21)23-18-25(30-17-7-4-10-24(23)30)26(31)27(32)29-15-5-1-6-16-29/h2-4,7-14,17-18H,1,5-6,15-16H2. The normalized spacial score (nSPS) is 14.0. The Bertz CT molecular complexity index is 1300. The third kappa shape index (κ3) is 3.78. The summed E-state index contributed by atoms with van der Waals surface area (Å²) in [4.78, 5) is 27.9. The molecule has 2 aromatic heterocycles. The highest BCUT2D eigenvalue weighted by atomic mass is 79.9. The molecule has 0 spiro atoms. The quantitative estimate of drug-likeness (QED) is 0.253. The molecule has 1 amide bonds. The van der Waals surface area contributed by atoms with Crippen LogP contribution >= 0.6 is 15.9 Å². The Morgan fingerprint density at radius 1 is 0.750 bits per heavy atom. The lowest BCUT2D eigenvalue weighted by Crippen LogP contribution is -2.40. The van der Waals surface area contributed by atoms with E-state index in [-0.39, 0.29) is 0 Å². The van der Waals surface area contributed by atoms with Gasteiger partial charge in [-0.15, -0.1) is 0 Å². The van der Waals surface area contributed by atoms with Gasteiger partial charge in [-0.25, -0.2) is 0 Å². The monoisotopic (exact) mass is 486 g/mol. The van der Waals surface area contributed by atoms with Crippen LogP contribution in [-0.4, -0.2) is 34.1 Å². The highest BCUT2D eigenvalue weighted by molar-refractivity contribution is 9.10. The Morgan fingerprint density at radius 3 is 2.19 bits per heavy atom. The Labute approximate surface area is 195 Å². The van der Waals surface area contributed by atoms with E-state index in [4.69, 9.17) is 0 Å². The third-order valence-corrected chi connectivity index (χ3v) is 6.65. The lowest BCUT2D eigenvalue weighted by molar-refractivity contribution is -0.127. The number of piperidine rings is 1. The van der Waals surface area contributed by atoms with Crippen molar-refractivity contribution in [3.05, 3.63) is 89.2 Å². The predicted octanol–water partition coefficient (Wildman–Crippen LogP) is 6.23. The van der Waals surface area contributed by atoms with Gasteiger partial charge in [-0.05, 0) is 66.3 Å². The first-order valence-corrected chi connectivity index (χ1v) is 11.7. The number of aromatic nitrogens is 1. The molecule has 0 N–H and O–H groups in total. The van der Waals surface area contributed by atoms with E-state index >= 15 is 0 Å². The summed E-state index contributed by atoms with van der Waals surface area (Å²) in [5, 5.41) is 0.